The van der Waals surface area contributed by atoms with Crippen molar-refractivity contribution in [1.82, 2.24) is 20.1 Å². The predicted octanol–water partition coefficient (Wildman–Crippen LogP) is 3.41. The largest absolute Gasteiger partial charge is 0.335 e. The zero-order chi connectivity index (χ0) is 18.1. The van der Waals surface area contributed by atoms with E-state index >= 15 is 0 Å². The van der Waals surface area contributed by atoms with Gasteiger partial charge in [-0.2, -0.15) is 0 Å². The van der Waals surface area contributed by atoms with Crippen molar-refractivity contribution in [3.8, 4) is 0 Å². The molecule has 0 unspecified atom stereocenters. The summed E-state index contributed by atoms with van der Waals surface area (Å²) < 4.78 is 12.9. The van der Waals surface area contributed by atoms with Crippen molar-refractivity contribution >= 4 is 29.8 Å². The van der Waals surface area contributed by atoms with Crippen LogP contribution in [0.15, 0.2) is 54.7 Å². The van der Waals surface area contributed by atoms with Crippen molar-refractivity contribution in [2.75, 3.05) is 18.8 Å². The van der Waals surface area contributed by atoms with Crippen molar-refractivity contribution in [1.29, 1.82) is 0 Å². The summed E-state index contributed by atoms with van der Waals surface area (Å²) in [6.45, 7) is 8.24. The number of thioether (sulfide) groups is 1. The molecule has 2 rings (SSSR count). The van der Waals surface area contributed by atoms with Crippen LogP contribution >= 0.6 is 11.8 Å². The molecule has 0 fully saturated rings. The Morgan fingerprint density at radius 2 is 1.88 bits per heavy atom. The first-order chi connectivity index (χ1) is 12.1. The number of carbonyl (C=O) groups is 1. The van der Waals surface area contributed by atoms with Crippen LogP contribution in [0.25, 0.3) is 12.2 Å². The Morgan fingerprint density at radius 1 is 1.20 bits per heavy atom. The third-order valence-corrected chi connectivity index (χ3v) is 3.99. The molecule has 0 aliphatic rings. The minimum Gasteiger partial charge on any atom is -0.335 e. The zero-order valence-corrected chi connectivity index (χ0v) is 14.5. The number of nitrogens with zero attached hydrogens (tertiary/aromatic N) is 3. The van der Waals surface area contributed by atoms with Crippen LogP contribution in [-0.2, 0) is 4.79 Å². The fourth-order valence-electron chi connectivity index (χ4n) is 1.95. The molecule has 1 N–H and O–H groups in total. The van der Waals surface area contributed by atoms with Crippen LogP contribution in [0, 0.1) is 5.82 Å². The van der Waals surface area contributed by atoms with Crippen molar-refractivity contribution < 1.29 is 9.18 Å². The number of rotatable bonds is 9. The Bertz CT molecular complexity index is 745. The minimum atomic E-state index is -0.276. The van der Waals surface area contributed by atoms with Gasteiger partial charge in [0, 0.05) is 13.1 Å². The highest BCUT2D eigenvalue weighted by Crippen LogP contribution is 2.14. The van der Waals surface area contributed by atoms with E-state index in [1.165, 1.54) is 23.9 Å². The summed E-state index contributed by atoms with van der Waals surface area (Å²) in [7, 11) is 0. The van der Waals surface area contributed by atoms with Crippen LogP contribution in [0.5, 0.6) is 0 Å². The second-order valence-electron chi connectivity index (χ2n) is 5.05. The van der Waals surface area contributed by atoms with Gasteiger partial charge in [-0.1, -0.05) is 42.1 Å². The Balaban J connectivity index is 1.90. The highest BCUT2D eigenvalue weighted by molar-refractivity contribution is 7.99. The number of aromatic nitrogens is 3. The first-order valence-electron chi connectivity index (χ1n) is 7.60. The van der Waals surface area contributed by atoms with Gasteiger partial charge in [0.15, 0.2) is 0 Å². The molecule has 0 aliphatic carbocycles. The number of amides is 1. The van der Waals surface area contributed by atoms with Gasteiger partial charge in [0.25, 0.3) is 0 Å². The summed E-state index contributed by atoms with van der Waals surface area (Å²) in [5.41, 5.74) is 0.853. The average molecular weight is 358 g/mol. The second kappa shape index (κ2) is 9.58. The molecule has 2 aromatic rings. The van der Waals surface area contributed by atoms with E-state index in [-0.39, 0.29) is 17.5 Å². The summed E-state index contributed by atoms with van der Waals surface area (Å²) in [4.78, 5) is 18.1. The maximum Gasteiger partial charge on any atom is 0.233 e. The number of hydrogen-bond acceptors (Lipinski definition) is 4. The lowest BCUT2D eigenvalue weighted by molar-refractivity contribution is -0.127. The van der Waals surface area contributed by atoms with Crippen molar-refractivity contribution in [3.63, 3.8) is 0 Å². The lowest BCUT2D eigenvalue weighted by atomic mass is 10.2. The Hall–Kier alpha value is -2.67. The first-order valence-corrected chi connectivity index (χ1v) is 8.59. The molecule has 1 aromatic carbocycles. The van der Waals surface area contributed by atoms with E-state index in [4.69, 9.17) is 0 Å². The number of benzene rings is 1. The molecule has 0 saturated heterocycles. The molecule has 0 bridgehead atoms. The molecule has 0 aliphatic heterocycles. The summed E-state index contributed by atoms with van der Waals surface area (Å²) in [6.07, 6.45) is 6.90. The van der Waals surface area contributed by atoms with Gasteiger partial charge in [0.2, 0.25) is 11.1 Å². The van der Waals surface area contributed by atoms with E-state index in [0.717, 1.165) is 5.56 Å². The molecular formula is C18H19FN4OS. The molecule has 0 spiro atoms. The number of aromatic amines is 1. The van der Waals surface area contributed by atoms with E-state index in [2.05, 4.69) is 28.3 Å². The molecule has 7 heteroatoms. The second-order valence-corrected chi connectivity index (χ2v) is 6.00. The molecule has 1 aromatic heterocycles. The predicted molar refractivity (Wildman–Crippen MR) is 99.4 cm³/mol. The summed E-state index contributed by atoms with van der Waals surface area (Å²) in [6, 6.07) is 6.13. The number of hydrogen-bond donors (Lipinski definition) is 1. The highest BCUT2D eigenvalue weighted by Gasteiger charge is 2.12. The lowest BCUT2D eigenvalue weighted by Crippen LogP contribution is -2.32. The van der Waals surface area contributed by atoms with Crippen LogP contribution in [0.4, 0.5) is 4.39 Å². The monoisotopic (exact) mass is 358 g/mol. The topological polar surface area (TPSA) is 61.9 Å². The van der Waals surface area contributed by atoms with E-state index in [1.54, 1.807) is 41.3 Å². The summed E-state index contributed by atoms with van der Waals surface area (Å²) in [5, 5.41) is 7.35. The van der Waals surface area contributed by atoms with Crippen LogP contribution in [0.2, 0.25) is 0 Å². The van der Waals surface area contributed by atoms with E-state index in [1.807, 2.05) is 0 Å². The van der Waals surface area contributed by atoms with E-state index in [9.17, 15) is 9.18 Å². The van der Waals surface area contributed by atoms with Crippen molar-refractivity contribution in [3.05, 3.63) is 66.8 Å². The van der Waals surface area contributed by atoms with Gasteiger partial charge in [-0.25, -0.2) is 9.37 Å². The molecule has 1 amide bonds. The Labute approximate surface area is 150 Å². The molecule has 130 valence electrons. The third-order valence-electron chi connectivity index (χ3n) is 3.16. The Kier molecular flexibility index (Phi) is 7.16. The molecule has 0 radical (unpaired) electrons. The molecule has 1 heterocycles. The molecule has 0 atom stereocenters. The summed E-state index contributed by atoms with van der Waals surface area (Å²) in [5.74, 6) is 0.495. The maximum atomic E-state index is 12.9. The van der Waals surface area contributed by atoms with Crippen LogP contribution in [0.1, 0.15) is 11.4 Å². The van der Waals surface area contributed by atoms with Crippen molar-refractivity contribution in [2.24, 2.45) is 0 Å². The van der Waals surface area contributed by atoms with Crippen LogP contribution in [0.3, 0.4) is 0 Å². The Morgan fingerprint density at radius 3 is 2.52 bits per heavy atom. The quantitative estimate of drug-likeness (QED) is 0.551. The number of carbonyl (C=O) groups excluding carboxylic acids is 1. The number of halogens is 1. The smallest absolute Gasteiger partial charge is 0.233 e. The van der Waals surface area contributed by atoms with Gasteiger partial charge in [0.1, 0.15) is 11.6 Å². The molecule has 25 heavy (non-hydrogen) atoms. The minimum absolute atomic E-state index is 0.0296. The number of nitrogens with one attached hydrogen (secondary N) is 1. The van der Waals surface area contributed by atoms with Gasteiger partial charge < -0.3 is 4.90 Å². The SMILES string of the molecule is C=CCN(CC=C)C(=O)CSc1n[nH]c(/C=C\c2ccc(F)cc2)n1. The zero-order valence-electron chi connectivity index (χ0n) is 13.7. The fourth-order valence-corrected chi connectivity index (χ4v) is 2.66. The first kappa shape index (κ1) is 18.7. The van der Waals surface area contributed by atoms with Gasteiger partial charge in [-0.3, -0.25) is 9.89 Å². The van der Waals surface area contributed by atoms with Gasteiger partial charge >= 0.3 is 0 Å². The normalized spacial score (nSPS) is 10.8. The van der Waals surface area contributed by atoms with Crippen molar-refractivity contribution in [2.45, 2.75) is 5.16 Å². The summed E-state index contributed by atoms with van der Waals surface area (Å²) >= 11 is 1.26. The van der Waals surface area contributed by atoms with E-state index in [0.29, 0.717) is 24.1 Å². The molecular weight excluding hydrogens is 339 g/mol. The van der Waals surface area contributed by atoms with Gasteiger partial charge in [0.05, 0.1) is 5.75 Å². The van der Waals surface area contributed by atoms with Crippen LogP contribution in [-0.4, -0.2) is 44.8 Å². The lowest BCUT2D eigenvalue weighted by Gasteiger charge is -2.18. The molecule has 5 nitrogen and oxygen atoms in total. The highest BCUT2D eigenvalue weighted by atomic mass is 32.2. The van der Waals surface area contributed by atoms with E-state index < -0.39 is 0 Å². The third kappa shape index (κ3) is 6.04. The maximum absolute atomic E-state index is 12.9. The molecule has 0 saturated carbocycles. The van der Waals surface area contributed by atoms with Crippen LogP contribution < -0.4 is 0 Å². The standard InChI is InChI=1S/C18H19FN4OS/c1-3-11-23(12-4-2)17(24)13-25-18-20-16(21-22-18)10-7-14-5-8-15(19)9-6-14/h3-10H,1-2,11-13H2,(H,20,21,22)/b10-7-. The average Bonchev–Trinajstić information content (AvgIpc) is 3.07. The fraction of sp³-hybridized carbons (Fsp3) is 0.167. The number of H-pyrrole nitrogens is 1. The van der Waals surface area contributed by atoms with Gasteiger partial charge in [-0.15, -0.1) is 18.3 Å². The van der Waals surface area contributed by atoms with Gasteiger partial charge in [-0.05, 0) is 23.8 Å².